The van der Waals surface area contributed by atoms with Crippen molar-refractivity contribution in [3.63, 3.8) is 0 Å². The zero-order valence-corrected chi connectivity index (χ0v) is 8.21. The highest BCUT2D eigenvalue weighted by molar-refractivity contribution is 5.43. The largest absolute Gasteiger partial charge is 0.508 e. The van der Waals surface area contributed by atoms with E-state index < -0.39 is 0 Å². The molecule has 4 heteroatoms. The van der Waals surface area contributed by atoms with Gasteiger partial charge in [-0.2, -0.15) is 5.10 Å². The fraction of sp³-hybridized carbons (Fsp3) is 0.0909. The summed E-state index contributed by atoms with van der Waals surface area (Å²) in [4.78, 5) is 0. The molecule has 1 aromatic heterocycles. The number of phenolic OH excluding ortho intramolecular Hbond substituents is 1. The summed E-state index contributed by atoms with van der Waals surface area (Å²) in [5, 5.41) is 16.9. The maximum Gasteiger partial charge on any atom is 0.238 e. The molecule has 0 saturated carbocycles. The molecule has 0 aliphatic rings. The standard InChI is InChI=1S/C11H10N2O2/c1-8-9(14)4-2-5-10(8)15-11-6-3-7-12-13-11/h2-7,14H,1H3. The van der Waals surface area contributed by atoms with E-state index >= 15 is 0 Å². The Labute approximate surface area is 87.2 Å². The number of aromatic hydroxyl groups is 1. The van der Waals surface area contributed by atoms with Crippen LogP contribution >= 0.6 is 0 Å². The zero-order valence-electron chi connectivity index (χ0n) is 8.21. The van der Waals surface area contributed by atoms with Crippen LogP contribution in [0.5, 0.6) is 17.4 Å². The molecule has 2 aromatic rings. The molecule has 1 aromatic carbocycles. The number of hydrogen-bond donors (Lipinski definition) is 1. The van der Waals surface area contributed by atoms with Gasteiger partial charge >= 0.3 is 0 Å². The molecule has 0 radical (unpaired) electrons. The van der Waals surface area contributed by atoms with Crippen molar-refractivity contribution < 1.29 is 9.84 Å². The Morgan fingerprint density at radius 3 is 2.80 bits per heavy atom. The minimum absolute atomic E-state index is 0.205. The quantitative estimate of drug-likeness (QED) is 0.811. The summed E-state index contributed by atoms with van der Waals surface area (Å²) in [6.45, 7) is 1.78. The first-order valence-electron chi connectivity index (χ1n) is 4.51. The van der Waals surface area contributed by atoms with Gasteiger partial charge in [-0.05, 0) is 25.1 Å². The maximum absolute atomic E-state index is 9.46. The highest BCUT2D eigenvalue weighted by Gasteiger charge is 2.05. The average Bonchev–Trinajstić information content (AvgIpc) is 2.26. The summed E-state index contributed by atoms with van der Waals surface area (Å²) in [5.74, 6) is 1.19. The van der Waals surface area contributed by atoms with Crippen LogP contribution in [0.25, 0.3) is 0 Å². The highest BCUT2D eigenvalue weighted by atomic mass is 16.5. The van der Waals surface area contributed by atoms with Crippen molar-refractivity contribution in [2.45, 2.75) is 6.92 Å². The molecule has 0 aliphatic heterocycles. The third-order valence-electron chi connectivity index (χ3n) is 2.02. The molecule has 0 saturated heterocycles. The third kappa shape index (κ3) is 2.04. The van der Waals surface area contributed by atoms with E-state index in [0.717, 1.165) is 0 Å². The van der Waals surface area contributed by atoms with Gasteiger partial charge < -0.3 is 9.84 Å². The van der Waals surface area contributed by atoms with Gasteiger partial charge in [-0.1, -0.05) is 6.07 Å². The lowest BCUT2D eigenvalue weighted by molar-refractivity contribution is 0.434. The number of ether oxygens (including phenoxy) is 1. The van der Waals surface area contributed by atoms with Gasteiger partial charge in [-0.25, -0.2) is 0 Å². The van der Waals surface area contributed by atoms with Gasteiger partial charge in [-0.3, -0.25) is 0 Å². The Bertz CT molecular complexity index is 457. The monoisotopic (exact) mass is 202 g/mol. The van der Waals surface area contributed by atoms with Crippen molar-refractivity contribution in [3.05, 3.63) is 42.1 Å². The molecule has 1 heterocycles. The average molecular weight is 202 g/mol. The summed E-state index contributed by atoms with van der Waals surface area (Å²) < 4.78 is 5.46. The summed E-state index contributed by atoms with van der Waals surface area (Å²) >= 11 is 0. The lowest BCUT2D eigenvalue weighted by Crippen LogP contribution is -1.91. The van der Waals surface area contributed by atoms with Crippen molar-refractivity contribution >= 4 is 0 Å². The summed E-state index contributed by atoms with van der Waals surface area (Å²) in [6.07, 6.45) is 1.57. The Balaban J connectivity index is 2.29. The smallest absolute Gasteiger partial charge is 0.238 e. The van der Waals surface area contributed by atoms with E-state index in [0.29, 0.717) is 17.2 Å². The summed E-state index contributed by atoms with van der Waals surface area (Å²) in [5.41, 5.74) is 0.683. The normalized spacial score (nSPS) is 9.93. The molecule has 15 heavy (non-hydrogen) atoms. The maximum atomic E-state index is 9.46. The third-order valence-corrected chi connectivity index (χ3v) is 2.02. The molecule has 0 aliphatic carbocycles. The van der Waals surface area contributed by atoms with Crippen molar-refractivity contribution in [2.75, 3.05) is 0 Å². The van der Waals surface area contributed by atoms with Gasteiger partial charge in [0.1, 0.15) is 11.5 Å². The van der Waals surface area contributed by atoms with E-state index in [9.17, 15) is 5.11 Å². The lowest BCUT2D eigenvalue weighted by atomic mass is 10.2. The number of phenols is 1. The molecule has 0 fully saturated rings. The highest BCUT2D eigenvalue weighted by Crippen LogP contribution is 2.28. The van der Waals surface area contributed by atoms with E-state index in [1.54, 1.807) is 43.5 Å². The lowest BCUT2D eigenvalue weighted by Gasteiger charge is -2.07. The van der Waals surface area contributed by atoms with Crippen LogP contribution in [-0.4, -0.2) is 15.3 Å². The Morgan fingerprint density at radius 1 is 1.20 bits per heavy atom. The zero-order chi connectivity index (χ0) is 10.7. The fourth-order valence-electron chi connectivity index (χ4n) is 1.17. The van der Waals surface area contributed by atoms with Crippen LogP contribution in [0, 0.1) is 6.92 Å². The van der Waals surface area contributed by atoms with Gasteiger partial charge in [0.25, 0.3) is 0 Å². The van der Waals surface area contributed by atoms with Crippen molar-refractivity contribution in [1.29, 1.82) is 0 Å². The van der Waals surface area contributed by atoms with Crippen molar-refractivity contribution in [1.82, 2.24) is 10.2 Å². The van der Waals surface area contributed by atoms with Gasteiger partial charge in [0, 0.05) is 17.8 Å². The molecule has 0 spiro atoms. The van der Waals surface area contributed by atoms with Crippen LogP contribution in [0.15, 0.2) is 36.5 Å². The number of nitrogens with zero attached hydrogens (tertiary/aromatic N) is 2. The SMILES string of the molecule is Cc1c(O)cccc1Oc1cccnn1. The topological polar surface area (TPSA) is 55.2 Å². The Hall–Kier alpha value is -2.10. The van der Waals surface area contributed by atoms with Crippen LogP contribution in [0.4, 0.5) is 0 Å². The number of benzene rings is 1. The predicted molar refractivity (Wildman–Crippen MR) is 54.9 cm³/mol. The van der Waals surface area contributed by atoms with Crippen molar-refractivity contribution in [3.8, 4) is 17.4 Å². The van der Waals surface area contributed by atoms with Gasteiger partial charge in [0.05, 0.1) is 0 Å². The van der Waals surface area contributed by atoms with Gasteiger partial charge in [0.2, 0.25) is 5.88 Å². The Morgan fingerprint density at radius 2 is 2.07 bits per heavy atom. The molecule has 2 rings (SSSR count). The van der Waals surface area contributed by atoms with E-state index in [1.165, 1.54) is 0 Å². The summed E-state index contributed by atoms with van der Waals surface area (Å²) in [7, 11) is 0. The van der Waals surface area contributed by atoms with Crippen LogP contribution in [0.1, 0.15) is 5.56 Å². The van der Waals surface area contributed by atoms with E-state index in [1.807, 2.05) is 0 Å². The molecule has 76 valence electrons. The molecule has 0 atom stereocenters. The number of aromatic nitrogens is 2. The van der Waals surface area contributed by atoms with E-state index in [-0.39, 0.29) is 5.75 Å². The van der Waals surface area contributed by atoms with Crippen LogP contribution in [0.3, 0.4) is 0 Å². The molecule has 0 bridgehead atoms. The minimum Gasteiger partial charge on any atom is -0.508 e. The fourth-order valence-corrected chi connectivity index (χ4v) is 1.17. The molecule has 0 unspecified atom stereocenters. The first-order valence-corrected chi connectivity index (χ1v) is 4.51. The Kier molecular flexibility index (Phi) is 2.49. The second-order valence-electron chi connectivity index (χ2n) is 3.06. The first kappa shape index (κ1) is 9.45. The minimum atomic E-state index is 0.205. The van der Waals surface area contributed by atoms with Crippen LogP contribution < -0.4 is 4.74 Å². The van der Waals surface area contributed by atoms with Crippen LogP contribution in [0.2, 0.25) is 0 Å². The van der Waals surface area contributed by atoms with Crippen LogP contribution in [-0.2, 0) is 0 Å². The van der Waals surface area contributed by atoms with Gasteiger partial charge in [0.15, 0.2) is 0 Å². The first-order chi connectivity index (χ1) is 7.27. The van der Waals surface area contributed by atoms with E-state index in [2.05, 4.69) is 10.2 Å². The molecular formula is C11H10N2O2. The second-order valence-corrected chi connectivity index (χ2v) is 3.06. The molecule has 1 N–H and O–H groups in total. The molecular weight excluding hydrogens is 192 g/mol. The van der Waals surface area contributed by atoms with Gasteiger partial charge in [-0.15, -0.1) is 5.10 Å². The van der Waals surface area contributed by atoms with E-state index in [4.69, 9.17) is 4.74 Å². The second kappa shape index (κ2) is 3.96. The van der Waals surface area contributed by atoms with Crippen molar-refractivity contribution in [2.24, 2.45) is 0 Å². The predicted octanol–water partition coefficient (Wildman–Crippen LogP) is 2.28. The number of hydrogen-bond acceptors (Lipinski definition) is 4. The molecule has 4 nitrogen and oxygen atoms in total. The molecule has 0 amide bonds. The number of rotatable bonds is 2. The summed E-state index contributed by atoms with van der Waals surface area (Å²) in [6, 6.07) is 8.54.